The fourth-order valence-corrected chi connectivity index (χ4v) is 4.70. The first-order valence-electron chi connectivity index (χ1n) is 11.6. The second-order valence-corrected chi connectivity index (χ2v) is 9.00. The maximum Gasteiger partial charge on any atom is 0.237 e. The first-order chi connectivity index (χ1) is 16.4. The molecule has 176 valence electrons. The fourth-order valence-electron chi connectivity index (χ4n) is 4.70. The van der Waals surface area contributed by atoms with Crippen LogP contribution in [0, 0.1) is 11.8 Å². The van der Waals surface area contributed by atoms with Gasteiger partial charge in [0.15, 0.2) is 11.6 Å². The topological polar surface area (TPSA) is 115 Å². The fraction of sp³-hybridized carbons (Fsp3) is 0.417. The first-order valence-corrected chi connectivity index (χ1v) is 11.6. The van der Waals surface area contributed by atoms with Crippen LogP contribution in [0.4, 0.5) is 17.3 Å². The lowest BCUT2D eigenvalue weighted by Gasteiger charge is -2.19. The number of rotatable bonds is 6. The zero-order chi connectivity index (χ0) is 23.8. The smallest absolute Gasteiger partial charge is 0.237 e. The summed E-state index contributed by atoms with van der Waals surface area (Å²) in [6.45, 7) is 3.84. The molecule has 1 aliphatic heterocycles. The Morgan fingerprint density at radius 2 is 1.71 bits per heavy atom. The average molecular weight is 462 g/mol. The number of aryl methyl sites for hydroxylation is 1. The monoisotopic (exact) mass is 461 g/mol. The Morgan fingerprint density at radius 1 is 1.03 bits per heavy atom. The summed E-state index contributed by atoms with van der Waals surface area (Å²) >= 11 is 0. The minimum atomic E-state index is -0.173. The SMILES string of the molecule is CC(C)Oc1cncc(Nc2c(-c3ccc(N4C(=O)C5CCCCC5C4=O)cc3)nnn2C)n1. The van der Waals surface area contributed by atoms with Crippen LogP contribution < -0.4 is 15.0 Å². The van der Waals surface area contributed by atoms with E-state index in [1.54, 1.807) is 36.3 Å². The van der Waals surface area contributed by atoms with Crippen molar-refractivity contribution in [3.05, 3.63) is 36.7 Å². The lowest BCUT2D eigenvalue weighted by Crippen LogP contribution is -2.30. The highest BCUT2D eigenvalue weighted by molar-refractivity contribution is 6.22. The lowest BCUT2D eigenvalue weighted by molar-refractivity contribution is -0.122. The van der Waals surface area contributed by atoms with Gasteiger partial charge >= 0.3 is 0 Å². The normalized spacial score (nSPS) is 20.1. The number of carbonyl (C=O) groups excluding carboxylic acids is 2. The minimum absolute atomic E-state index is 0.0182. The summed E-state index contributed by atoms with van der Waals surface area (Å²) in [5.74, 6) is 1.04. The molecule has 10 heteroatoms. The molecule has 5 rings (SSSR count). The van der Waals surface area contributed by atoms with Gasteiger partial charge in [-0.1, -0.05) is 30.2 Å². The summed E-state index contributed by atoms with van der Waals surface area (Å²) in [6.07, 6.45) is 6.74. The number of ether oxygens (including phenoxy) is 1. The van der Waals surface area contributed by atoms with Gasteiger partial charge < -0.3 is 10.1 Å². The molecule has 2 aliphatic rings. The summed E-state index contributed by atoms with van der Waals surface area (Å²) in [5.41, 5.74) is 1.99. The molecule has 0 radical (unpaired) electrons. The summed E-state index contributed by atoms with van der Waals surface area (Å²) in [5, 5.41) is 11.6. The second-order valence-electron chi connectivity index (χ2n) is 9.00. The molecule has 1 aromatic carbocycles. The van der Waals surface area contributed by atoms with Gasteiger partial charge in [0, 0.05) is 12.6 Å². The van der Waals surface area contributed by atoms with E-state index in [0.717, 1.165) is 31.2 Å². The standard InChI is InChI=1S/C24H27N7O3/c1-14(2)34-20-13-25-12-19(26-20)27-22-21(28-29-30(22)3)15-8-10-16(11-9-15)31-23(32)17-6-4-5-7-18(17)24(31)33/h8-14,17-18H,4-7H2,1-3H3,(H,26,27). The van der Waals surface area contributed by atoms with Gasteiger partial charge in [-0.3, -0.25) is 19.5 Å². The average Bonchev–Trinajstić information content (AvgIpc) is 3.31. The number of nitrogens with zero attached hydrogens (tertiary/aromatic N) is 6. The van der Waals surface area contributed by atoms with E-state index in [4.69, 9.17) is 4.74 Å². The number of fused-ring (bicyclic) bond motifs is 1. The van der Waals surface area contributed by atoms with E-state index in [9.17, 15) is 9.59 Å². The molecule has 1 saturated carbocycles. The molecule has 10 nitrogen and oxygen atoms in total. The minimum Gasteiger partial charge on any atom is -0.474 e. The van der Waals surface area contributed by atoms with Crippen molar-refractivity contribution in [3.8, 4) is 17.1 Å². The highest BCUT2D eigenvalue weighted by atomic mass is 16.5. The van der Waals surface area contributed by atoms with E-state index in [2.05, 4.69) is 25.6 Å². The molecule has 3 heterocycles. The zero-order valence-corrected chi connectivity index (χ0v) is 19.4. The van der Waals surface area contributed by atoms with Crippen LogP contribution in [-0.4, -0.2) is 42.9 Å². The Morgan fingerprint density at radius 3 is 2.35 bits per heavy atom. The van der Waals surface area contributed by atoms with Crippen LogP contribution in [-0.2, 0) is 16.6 Å². The predicted octanol–water partition coefficient (Wildman–Crippen LogP) is 3.48. The Bertz CT molecular complexity index is 1200. The molecule has 1 N–H and O–H groups in total. The molecule has 2 aromatic heterocycles. The molecule has 3 aromatic rings. The number of benzene rings is 1. The maximum atomic E-state index is 12.9. The zero-order valence-electron chi connectivity index (χ0n) is 19.4. The quantitative estimate of drug-likeness (QED) is 0.555. The van der Waals surface area contributed by atoms with Crippen LogP contribution in [0.25, 0.3) is 11.3 Å². The highest BCUT2D eigenvalue weighted by Gasteiger charge is 2.48. The molecule has 2 amide bonds. The number of aromatic nitrogens is 5. The highest BCUT2D eigenvalue weighted by Crippen LogP contribution is 2.40. The van der Waals surface area contributed by atoms with E-state index in [1.807, 2.05) is 26.0 Å². The van der Waals surface area contributed by atoms with Crippen molar-refractivity contribution in [3.63, 3.8) is 0 Å². The van der Waals surface area contributed by atoms with E-state index in [0.29, 0.717) is 28.9 Å². The first kappa shape index (κ1) is 22.0. The molecule has 2 fully saturated rings. The Hall–Kier alpha value is -3.82. The lowest BCUT2D eigenvalue weighted by atomic mass is 9.81. The maximum absolute atomic E-state index is 12.9. The van der Waals surface area contributed by atoms with Crippen molar-refractivity contribution in [1.29, 1.82) is 0 Å². The van der Waals surface area contributed by atoms with Crippen molar-refractivity contribution < 1.29 is 14.3 Å². The Kier molecular flexibility index (Phi) is 5.72. The molecule has 0 spiro atoms. The van der Waals surface area contributed by atoms with Crippen molar-refractivity contribution in [2.24, 2.45) is 18.9 Å². The summed E-state index contributed by atoms with van der Waals surface area (Å²) in [6, 6.07) is 7.27. The number of nitrogens with one attached hydrogen (secondary N) is 1. The van der Waals surface area contributed by atoms with E-state index < -0.39 is 0 Å². The van der Waals surface area contributed by atoms with Crippen LogP contribution in [0.2, 0.25) is 0 Å². The van der Waals surface area contributed by atoms with Gasteiger partial charge in [0.1, 0.15) is 5.69 Å². The van der Waals surface area contributed by atoms with E-state index in [-0.39, 0.29) is 29.8 Å². The predicted molar refractivity (Wildman–Crippen MR) is 125 cm³/mol. The molecular formula is C24H27N7O3. The molecule has 2 atom stereocenters. The van der Waals surface area contributed by atoms with Gasteiger partial charge in [0.05, 0.1) is 36.0 Å². The largest absolute Gasteiger partial charge is 0.474 e. The van der Waals surface area contributed by atoms with Crippen LogP contribution in [0.3, 0.4) is 0 Å². The van der Waals surface area contributed by atoms with Gasteiger partial charge in [-0.2, -0.15) is 4.98 Å². The van der Waals surface area contributed by atoms with Gasteiger partial charge in [-0.05, 0) is 38.8 Å². The van der Waals surface area contributed by atoms with E-state index >= 15 is 0 Å². The van der Waals surface area contributed by atoms with Crippen molar-refractivity contribution in [2.75, 3.05) is 10.2 Å². The number of carbonyl (C=O) groups is 2. The van der Waals surface area contributed by atoms with Gasteiger partial charge in [0.2, 0.25) is 17.7 Å². The molecule has 0 bridgehead atoms. The van der Waals surface area contributed by atoms with Gasteiger partial charge in [-0.25, -0.2) is 4.68 Å². The van der Waals surface area contributed by atoms with Crippen LogP contribution >= 0.6 is 0 Å². The summed E-state index contributed by atoms with van der Waals surface area (Å²) in [7, 11) is 1.78. The van der Waals surface area contributed by atoms with Crippen LogP contribution in [0.15, 0.2) is 36.7 Å². The molecular weight excluding hydrogens is 434 g/mol. The second kappa shape index (κ2) is 8.85. The van der Waals surface area contributed by atoms with E-state index in [1.165, 1.54) is 4.90 Å². The number of hydrogen-bond donors (Lipinski definition) is 1. The number of imide groups is 1. The third kappa shape index (κ3) is 4.00. The summed E-state index contributed by atoms with van der Waals surface area (Å²) in [4.78, 5) is 35.8. The van der Waals surface area contributed by atoms with Crippen molar-refractivity contribution >= 4 is 29.1 Å². The van der Waals surface area contributed by atoms with Gasteiger partial charge in [-0.15, -0.1) is 5.10 Å². The van der Waals surface area contributed by atoms with Crippen LogP contribution in [0.1, 0.15) is 39.5 Å². The Balaban J connectivity index is 1.39. The molecule has 1 aliphatic carbocycles. The number of amides is 2. The number of hydrogen-bond acceptors (Lipinski definition) is 8. The summed E-state index contributed by atoms with van der Waals surface area (Å²) < 4.78 is 7.23. The molecule has 1 saturated heterocycles. The van der Waals surface area contributed by atoms with Crippen LogP contribution in [0.5, 0.6) is 5.88 Å². The molecule has 34 heavy (non-hydrogen) atoms. The van der Waals surface area contributed by atoms with Crippen molar-refractivity contribution in [1.82, 2.24) is 25.0 Å². The Labute approximate surface area is 197 Å². The van der Waals surface area contributed by atoms with Crippen molar-refractivity contribution in [2.45, 2.75) is 45.6 Å². The number of anilines is 3. The third-order valence-corrected chi connectivity index (χ3v) is 6.28. The molecule has 2 unspecified atom stereocenters. The van der Waals surface area contributed by atoms with Gasteiger partial charge in [0.25, 0.3) is 0 Å². The third-order valence-electron chi connectivity index (χ3n) is 6.28.